The number of nitrogens with zero attached hydrogens (tertiary/aromatic N) is 3. The molecule has 158 valence electrons. The highest BCUT2D eigenvalue weighted by molar-refractivity contribution is 7.99. The summed E-state index contributed by atoms with van der Waals surface area (Å²) in [5.41, 5.74) is 5.44. The van der Waals surface area contributed by atoms with E-state index in [4.69, 9.17) is 4.98 Å². The van der Waals surface area contributed by atoms with Crippen molar-refractivity contribution in [1.82, 2.24) is 14.1 Å². The predicted molar refractivity (Wildman–Crippen MR) is 119 cm³/mol. The van der Waals surface area contributed by atoms with Crippen LogP contribution in [-0.2, 0) is 0 Å². The lowest BCUT2D eigenvalue weighted by Crippen LogP contribution is -2.10. The summed E-state index contributed by atoms with van der Waals surface area (Å²) in [6.07, 6.45) is 4.90. The molecular formula is C24H28FN3OS. The summed E-state index contributed by atoms with van der Waals surface area (Å²) in [7, 11) is 0. The SMILES string of the molecule is Cc1nc(SCC(=O)c2cc(C)n(-c3cccc(F)c3)c2C)n(C2CCCC2)c1C. The van der Waals surface area contributed by atoms with E-state index in [-0.39, 0.29) is 11.6 Å². The van der Waals surface area contributed by atoms with Crippen LogP contribution in [0.5, 0.6) is 0 Å². The van der Waals surface area contributed by atoms with E-state index in [0.717, 1.165) is 27.9 Å². The second-order valence-corrected chi connectivity index (χ2v) is 9.13. The van der Waals surface area contributed by atoms with Gasteiger partial charge in [0, 0.05) is 34.4 Å². The van der Waals surface area contributed by atoms with Crippen LogP contribution < -0.4 is 0 Å². The molecular weight excluding hydrogens is 397 g/mol. The number of aryl methyl sites for hydroxylation is 2. The van der Waals surface area contributed by atoms with E-state index in [0.29, 0.717) is 17.4 Å². The second-order valence-electron chi connectivity index (χ2n) is 8.19. The number of carbonyl (C=O) groups excluding carboxylic acids is 1. The molecule has 0 spiro atoms. The molecule has 1 fully saturated rings. The van der Waals surface area contributed by atoms with Crippen molar-refractivity contribution >= 4 is 17.5 Å². The lowest BCUT2D eigenvalue weighted by Gasteiger charge is -2.16. The highest BCUT2D eigenvalue weighted by Gasteiger charge is 2.24. The second kappa shape index (κ2) is 8.42. The molecule has 6 heteroatoms. The van der Waals surface area contributed by atoms with E-state index in [1.165, 1.54) is 55.3 Å². The maximum atomic E-state index is 13.7. The molecule has 4 nitrogen and oxygen atoms in total. The Hall–Kier alpha value is -2.34. The zero-order valence-electron chi connectivity index (χ0n) is 18.0. The number of imidazole rings is 1. The summed E-state index contributed by atoms with van der Waals surface area (Å²) in [5, 5.41) is 0.948. The van der Waals surface area contributed by atoms with Gasteiger partial charge in [-0.3, -0.25) is 4.79 Å². The van der Waals surface area contributed by atoms with Crippen molar-refractivity contribution in [2.75, 3.05) is 5.75 Å². The summed E-state index contributed by atoms with van der Waals surface area (Å²) < 4.78 is 18.0. The van der Waals surface area contributed by atoms with Crippen LogP contribution >= 0.6 is 11.8 Å². The number of hydrogen-bond donors (Lipinski definition) is 0. The van der Waals surface area contributed by atoms with E-state index in [2.05, 4.69) is 11.5 Å². The summed E-state index contributed by atoms with van der Waals surface area (Å²) in [6, 6.07) is 8.87. The van der Waals surface area contributed by atoms with Gasteiger partial charge in [-0.2, -0.15) is 0 Å². The molecule has 0 bridgehead atoms. The first-order valence-corrected chi connectivity index (χ1v) is 11.5. The van der Waals surface area contributed by atoms with E-state index < -0.39 is 0 Å². The van der Waals surface area contributed by atoms with Crippen molar-refractivity contribution in [2.24, 2.45) is 0 Å². The van der Waals surface area contributed by atoms with Gasteiger partial charge >= 0.3 is 0 Å². The van der Waals surface area contributed by atoms with Gasteiger partial charge in [0.15, 0.2) is 10.9 Å². The Morgan fingerprint density at radius 2 is 1.87 bits per heavy atom. The molecule has 3 aromatic rings. The standard InChI is InChI=1S/C24H28FN3OS/c1-15-12-22(18(4)27(15)21-11-7-8-19(25)13-21)23(29)14-30-24-26-16(2)17(3)28(24)20-9-5-6-10-20/h7-8,11-13,20H,5-6,9-10,14H2,1-4H3. The minimum absolute atomic E-state index is 0.0760. The minimum atomic E-state index is -0.284. The van der Waals surface area contributed by atoms with Gasteiger partial charge < -0.3 is 9.13 Å². The van der Waals surface area contributed by atoms with Crippen molar-refractivity contribution < 1.29 is 9.18 Å². The third-order valence-electron chi connectivity index (χ3n) is 6.17. The fraction of sp³-hybridized carbons (Fsp3) is 0.417. The van der Waals surface area contributed by atoms with Crippen molar-refractivity contribution in [3.8, 4) is 5.69 Å². The Bertz CT molecular complexity index is 1090. The molecule has 30 heavy (non-hydrogen) atoms. The van der Waals surface area contributed by atoms with Gasteiger partial charge in [-0.05, 0) is 64.8 Å². The van der Waals surface area contributed by atoms with E-state index in [1.54, 1.807) is 6.07 Å². The molecule has 0 atom stereocenters. The lowest BCUT2D eigenvalue weighted by molar-refractivity contribution is 0.102. The van der Waals surface area contributed by atoms with Crippen LogP contribution in [0.15, 0.2) is 35.5 Å². The number of thioether (sulfide) groups is 1. The van der Waals surface area contributed by atoms with Crippen LogP contribution in [-0.4, -0.2) is 25.7 Å². The fourth-order valence-corrected chi connectivity index (χ4v) is 5.60. The number of carbonyl (C=O) groups is 1. The first-order valence-electron chi connectivity index (χ1n) is 10.5. The highest BCUT2D eigenvalue weighted by atomic mass is 32.2. The summed E-state index contributed by atoms with van der Waals surface area (Å²) in [6.45, 7) is 8.03. The Kier molecular flexibility index (Phi) is 5.87. The molecule has 0 N–H and O–H groups in total. The largest absolute Gasteiger partial charge is 0.320 e. The molecule has 0 aliphatic heterocycles. The molecule has 0 unspecified atom stereocenters. The Morgan fingerprint density at radius 3 is 2.57 bits per heavy atom. The van der Waals surface area contributed by atoms with Crippen molar-refractivity contribution in [3.05, 3.63) is 64.5 Å². The van der Waals surface area contributed by atoms with Crippen LogP contribution in [0.4, 0.5) is 4.39 Å². The van der Waals surface area contributed by atoms with Gasteiger partial charge in [-0.1, -0.05) is 30.7 Å². The topological polar surface area (TPSA) is 39.8 Å². The third kappa shape index (κ3) is 3.85. The number of benzene rings is 1. The third-order valence-corrected chi connectivity index (χ3v) is 7.13. The monoisotopic (exact) mass is 425 g/mol. The summed E-state index contributed by atoms with van der Waals surface area (Å²) in [5.74, 6) is 0.135. The van der Waals surface area contributed by atoms with Crippen LogP contribution in [0.3, 0.4) is 0 Å². The zero-order valence-corrected chi connectivity index (χ0v) is 18.9. The van der Waals surface area contributed by atoms with Gasteiger partial charge in [0.25, 0.3) is 0 Å². The van der Waals surface area contributed by atoms with E-state index in [1.807, 2.05) is 37.5 Å². The van der Waals surface area contributed by atoms with Crippen molar-refractivity contribution in [1.29, 1.82) is 0 Å². The van der Waals surface area contributed by atoms with E-state index in [9.17, 15) is 9.18 Å². The first-order chi connectivity index (χ1) is 14.4. The van der Waals surface area contributed by atoms with Crippen LogP contribution in [0.1, 0.15) is 64.9 Å². The average Bonchev–Trinajstić information content (AvgIpc) is 3.39. The lowest BCUT2D eigenvalue weighted by atomic mass is 10.2. The van der Waals surface area contributed by atoms with Gasteiger partial charge in [0.1, 0.15) is 5.82 Å². The number of rotatable bonds is 6. The van der Waals surface area contributed by atoms with Crippen LogP contribution in [0, 0.1) is 33.5 Å². The number of halogens is 1. The van der Waals surface area contributed by atoms with Gasteiger partial charge in [0.05, 0.1) is 11.4 Å². The molecule has 1 aromatic carbocycles. The molecule has 0 radical (unpaired) electrons. The van der Waals surface area contributed by atoms with E-state index >= 15 is 0 Å². The highest BCUT2D eigenvalue weighted by Crippen LogP contribution is 2.35. The Labute approximate surface area is 181 Å². The number of Topliss-reactive ketones (excluding diaryl/α,β-unsaturated/α-hetero) is 1. The Balaban J connectivity index is 1.56. The molecule has 1 saturated carbocycles. The summed E-state index contributed by atoms with van der Waals surface area (Å²) in [4.78, 5) is 17.8. The number of aromatic nitrogens is 3. The van der Waals surface area contributed by atoms with Gasteiger partial charge in [0.2, 0.25) is 0 Å². The molecule has 0 saturated heterocycles. The van der Waals surface area contributed by atoms with Gasteiger partial charge in [-0.15, -0.1) is 0 Å². The smallest absolute Gasteiger partial charge is 0.175 e. The van der Waals surface area contributed by atoms with Crippen molar-refractivity contribution in [3.63, 3.8) is 0 Å². The Morgan fingerprint density at radius 1 is 1.13 bits per heavy atom. The number of ketones is 1. The molecule has 2 aromatic heterocycles. The predicted octanol–water partition coefficient (Wildman–Crippen LogP) is 6.14. The van der Waals surface area contributed by atoms with Crippen LogP contribution in [0.25, 0.3) is 5.69 Å². The normalized spacial score (nSPS) is 14.6. The van der Waals surface area contributed by atoms with Gasteiger partial charge in [-0.25, -0.2) is 9.37 Å². The zero-order chi connectivity index (χ0) is 21.4. The molecule has 1 aliphatic rings. The van der Waals surface area contributed by atoms with Crippen molar-refractivity contribution in [2.45, 2.75) is 64.6 Å². The molecule has 4 rings (SSSR count). The summed E-state index contributed by atoms with van der Waals surface area (Å²) >= 11 is 1.53. The fourth-order valence-electron chi connectivity index (χ4n) is 4.56. The molecule has 2 heterocycles. The maximum Gasteiger partial charge on any atom is 0.175 e. The minimum Gasteiger partial charge on any atom is -0.320 e. The molecule has 1 aliphatic carbocycles. The first kappa shape index (κ1) is 20.9. The quantitative estimate of drug-likeness (QED) is 0.352. The van der Waals surface area contributed by atoms with Crippen LogP contribution in [0.2, 0.25) is 0 Å². The number of hydrogen-bond acceptors (Lipinski definition) is 3. The average molecular weight is 426 g/mol. The maximum absolute atomic E-state index is 13.7. The molecule has 0 amide bonds.